The molecule has 0 aromatic carbocycles. The van der Waals surface area contributed by atoms with E-state index in [1.165, 1.54) is 0 Å². The number of carbonyl (C=O) groups excluding carboxylic acids is 1. The number of nitrogens with zero attached hydrogens (tertiary/aromatic N) is 2. The maximum absolute atomic E-state index is 12.6. The molecule has 0 bridgehead atoms. The first-order valence-electron chi connectivity index (χ1n) is 7.54. The highest BCUT2D eigenvalue weighted by Gasteiger charge is 2.71. The lowest BCUT2D eigenvalue weighted by molar-refractivity contribution is -0.175. The van der Waals surface area contributed by atoms with Gasteiger partial charge in [-0.25, -0.2) is 0 Å². The molecule has 3 rings (SSSR count). The zero-order chi connectivity index (χ0) is 15.3. The van der Waals surface area contributed by atoms with Crippen LogP contribution in [0.25, 0.3) is 0 Å². The van der Waals surface area contributed by atoms with Crippen molar-refractivity contribution >= 4 is 5.91 Å². The molecule has 1 saturated heterocycles. The van der Waals surface area contributed by atoms with Gasteiger partial charge in [0.1, 0.15) is 5.54 Å². The molecule has 6 heteroatoms. The smallest absolute Gasteiger partial charge is 0.241 e. The Balaban J connectivity index is 1.60. The number of nitrogens with two attached hydrogens (primary N) is 1. The van der Waals surface area contributed by atoms with E-state index in [9.17, 15) is 4.79 Å². The SMILES string of the molecule is Cn1ccc(CCNC(=O)C2(N)C3CCOC3C2(C)C)n1. The van der Waals surface area contributed by atoms with E-state index in [0.717, 1.165) is 12.1 Å². The molecule has 3 unspecified atom stereocenters. The minimum Gasteiger partial charge on any atom is -0.377 e. The van der Waals surface area contributed by atoms with Crippen LogP contribution in [0.5, 0.6) is 0 Å². The Morgan fingerprint density at radius 2 is 2.38 bits per heavy atom. The summed E-state index contributed by atoms with van der Waals surface area (Å²) >= 11 is 0. The van der Waals surface area contributed by atoms with Crippen molar-refractivity contribution in [3.05, 3.63) is 18.0 Å². The van der Waals surface area contributed by atoms with E-state index >= 15 is 0 Å². The first-order valence-corrected chi connectivity index (χ1v) is 7.54. The van der Waals surface area contributed by atoms with Crippen LogP contribution in [0.15, 0.2) is 12.3 Å². The summed E-state index contributed by atoms with van der Waals surface area (Å²) in [5.74, 6) is 0.0810. The van der Waals surface area contributed by atoms with Gasteiger partial charge in [-0.2, -0.15) is 5.10 Å². The Morgan fingerprint density at radius 3 is 3.05 bits per heavy atom. The van der Waals surface area contributed by atoms with Gasteiger partial charge >= 0.3 is 0 Å². The summed E-state index contributed by atoms with van der Waals surface area (Å²) in [5.41, 5.74) is 6.31. The normalized spacial score (nSPS) is 33.3. The summed E-state index contributed by atoms with van der Waals surface area (Å²) in [6.45, 7) is 5.32. The van der Waals surface area contributed by atoms with Crippen molar-refractivity contribution in [3.63, 3.8) is 0 Å². The van der Waals surface area contributed by atoms with Gasteiger partial charge in [-0.3, -0.25) is 9.48 Å². The topological polar surface area (TPSA) is 82.2 Å². The predicted octanol–water partition coefficient (Wildman–Crippen LogP) is 0.221. The fourth-order valence-electron chi connectivity index (χ4n) is 3.89. The van der Waals surface area contributed by atoms with Crippen molar-refractivity contribution < 1.29 is 9.53 Å². The van der Waals surface area contributed by atoms with E-state index in [1.54, 1.807) is 4.68 Å². The third kappa shape index (κ3) is 2.00. The van der Waals surface area contributed by atoms with Crippen molar-refractivity contribution in [1.29, 1.82) is 0 Å². The summed E-state index contributed by atoms with van der Waals surface area (Å²) < 4.78 is 7.48. The second-order valence-electron chi connectivity index (χ2n) is 6.76. The summed E-state index contributed by atoms with van der Waals surface area (Å²) in [6, 6.07) is 1.96. The Hall–Kier alpha value is -1.40. The second kappa shape index (κ2) is 4.81. The van der Waals surface area contributed by atoms with Crippen LogP contribution in [0.3, 0.4) is 0 Å². The van der Waals surface area contributed by atoms with Crippen molar-refractivity contribution in [1.82, 2.24) is 15.1 Å². The van der Waals surface area contributed by atoms with Gasteiger partial charge in [0.05, 0.1) is 11.8 Å². The van der Waals surface area contributed by atoms with E-state index in [1.807, 2.05) is 33.2 Å². The molecule has 1 saturated carbocycles. The minimum atomic E-state index is -0.821. The fourth-order valence-corrected chi connectivity index (χ4v) is 3.89. The van der Waals surface area contributed by atoms with Gasteiger partial charge < -0.3 is 15.8 Å². The molecule has 1 aromatic heterocycles. The molecule has 2 fully saturated rings. The number of aromatic nitrogens is 2. The third-order valence-corrected chi connectivity index (χ3v) is 5.27. The van der Waals surface area contributed by atoms with Gasteiger partial charge in [0.2, 0.25) is 5.91 Å². The molecule has 1 aromatic rings. The van der Waals surface area contributed by atoms with E-state index in [0.29, 0.717) is 19.6 Å². The number of hydrogen-bond acceptors (Lipinski definition) is 4. The van der Waals surface area contributed by atoms with Crippen LogP contribution in [0, 0.1) is 11.3 Å². The second-order valence-corrected chi connectivity index (χ2v) is 6.76. The van der Waals surface area contributed by atoms with Crippen LogP contribution in [0.4, 0.5) is 0 Å². The number of nitrogens with one attached hydrogen (secondary N) is 1. The van der Waals surface area contributed by atoms with Crippen LogP contribution in [0.1, 0.15) is 26.0 Å². The molecule has 1 aliphatic carbocycles. The number of aryl methyl sites for hydroxylation is 1. The molecule has 2 heterocycles. The first kappa shape index (κ1) is 14.5. The highest BCUT2D eigenvalue weighted by Crippen LogP contribution is 2.58. The number of carbonyl (C=O) groups is 1. The largest absolute Gasteiger partial charge is 0.377 e. The Bertz CT molecular complexity index is 554. The highest BCUT2D eigenvalue weighted by molar-refractivity contribution is 5.89. The molecule has 2 aliphatic rings. The lowest BCUT2D eigenvalue weighted by Gasteiger charge is -2.60. The zero-order valence-corrected chi connectivity index (χ0v) is 12.9. The first-order chi connectivity index (χ1) is 9.87. The standard InChI is InChI=1S/C15H24N4O2/c1-14(2)12-11(6-9-21-12)15(14,16)13(20)17-7-4-10-5-8-19(3)18-10/h5,8,11-12H,4,6-7,9,16H2,1-3H3,(H,17,20). The quantitative estimate of drug-likeness (QED) is 0.832. The average molecular weight is 292 g/mol. The highest BCUT2D eigenvalue weighted by atomic mass is 16.5. The number of hydrogen-bond donors (Lipinski definition) is 2. The van der Waals surface area contributed by atoms with Gasteiger partial charge in [0.15, 0.2) is 0 Å². The Labute approximate surface area is 125 Å². The molecule has 1 aliphatic heterocycles. The summed E-state index contributed by atoms with van der Waals surface area (Å²) in [6.07, 6.45) is 3.60. The lowest BCUT2D eigenvalue weighted by atomic mass is 9.48. The van der Waals surface area contributed by atoms with Gasteiger partial charge in [-0.1, -0.05) is 13.8 Å². The van der Waals surface area contributed by atoms with Gasteiger partial charge in [0, 0.05) is 44.1 Å². The van der Waals surface area contributed by atoms with Crippen molar-refractivity contribution in [2.45, 2.75) is 38.3 Å². The molecule has 21 heavy (non-hydrogen) atoms. The maximum Gasteiger partial charge on any atom is 0.241 e. The monoisotopic (exact) mass is 292 g/mol. The van der Waals surface area contributed by atoms with E-state index in [2.05, 4.69) is 10.4 Å². The van der Waals surface area contributed by atoms with Crippen LogP contribution >= 0.6 is 0 Å². The van der Waals surface area contributed by atoms with E-state index in [-0.39, 0.29) is 23.3 Å². The molecule has 3 N–H and O–H groups in total. The molecule has 1 amide bonds. The van der Waals surface area contributed by atoms with Gasteiger partial charge in [-0.15, -0.1) is 0 Å². The predicted molar refractivity (Wildman–Crippen MR) is 78.5 cm³/mol. The molecule has 116 valence electrons. The average Bonchev–Trinajstić information content (AvgIpc) is 3.05. The van der Waals surface area contributed by atoms with Crippen LogP contribution in [-0.4, -0.2) is 40.5 Å². The fraction of sp³-hybridized carbons (Fsp3) is 0.733. The molecule has 0 spiro atoms. The van der Waals surface area contributed by atoms with Crippen LogP contribution < -0.4 is 11.1 Å². The Kier molecular flexibility index (Phi) is 3.33. The molecular formula is C15H24N4O2. The number of rotatable bonds is 4. The number of ether oxygens (including phenoxy) is 1. The molecule has 3 atom stereocenters. The van der Waals surface area contributed by atoms with Gasteiger partial charge in [0.25, 0.3) is 0 Å². The summed E-state index contributed by atoms with van der Waals surface area (Å²) in [4.78, 5) is 12.6. The molecule has 6 nitrogen and oxygen atoms in total. The minimum absolute atomic E-state index is 0.0600. The molecule has 0 radical (unpaired) electrons. The van der Waals surface area contributed by atoms with Gasteiger partial charge in [-0.05, 0) is 12.5 Å². The van der Waals surface area contributed by atoms with Crippen molar-refractivity contribution in [2.24, 2.45) is 24.1 Å². The lowest BCUT2D eigenvalue weighted by Crippen LogP contribution is -2.80. The van der Waals surface area contributed by atoms with E-state index < -0.39 is 5.54 Å². The van der Waals surface area contributed by atoms with E-state index in [4.69, 9.17) is 10.5 Å². The zero-order valence-electron chi connectivity index (χ0n) is 12.9. The summed E-state index contributed by atoms with van der Waals surface area (Å²) in [7, 11) is 1.88. The third-order valence-electron chi connectivity index (χ3n) is 5.27. The number of amides is 1. The molecular weight excluding hydrogens is 268 g/mol. The Morgan fingerprint density at radius 1 is 1.62 bits per heavy atom. The van der Waals surface area contributed by atoms with Crippen LogP contribution in [-0.2, 0) is 23.0 Å². The number of fused-ring (bicyclic) bond motifs is 1. The van der Waals surface area contributed by atoms with Crippen molar-refractivity contribution in [2.75, 3.05) is 13.2 Å². The van der Waals surface area contributed by atoms with Crippen LogP contribution in [0.2, 0.25) is 0 Å². The maximum atomic E-state index is 12.6. The summed E-state index contributed by atoms with van der Waals surface area (Å²) in [5, 5.41) is 7.28. The van der Waals surface area contributed by atoms with Crippen molar-refractivity contribution in [3.8, 4) is 0 Å².